The highest BCUT2D eigenvalue weighted by molar-refractivity contribution is 7.91. The van der Waals surface area contributed by atoms with Gasteiger partial charge in [0.1, 0.15) is 8.42 Å². The van der Waals surface area contributed by atoms with Crippen molar-refractivity contribution >= 4 is 65.9 Å². The second-order valence-electron chi connectivity index (χ2n) is 5.28. The summed E-state index contributed by atoms with van der Waals surface area (Å²) in [7, 11) is -7.33. The number of thiophene rings is 2. The number of nitrogens with zero attached hydrogens (tertiary/aromatic N) is 2. The van der Waals surface area contributed by atoms with E-state index in [1.54, 1.807) is 0 Å². The molecule has 1 saturated heterocycles. The van der Waals surface area contributed by atoms with E-state index in [2.05, 4.69) is 0 Å². The number of halogens is 2. The summed E-state index contributed by atoms with van der Waals surface area (Å²) in [5, 5.41) is 0. The van der Waals surface area contributed by atoms with Crippen molar-refractivity contribution in [2.24, 2.45) is 0 Å². The molecule has 2 aromatic heterocycles. The zero-order chi connectivity index (χ0) is 18.2. The molecule has 0 saturated carbocycles. The molecule has 6 nitrogen and oxygen atoms in total. The van der Waals surface area contributed by atoms with Gasteiger partial charge >= 0.3 is 0 Å². The van der Waals surface area contributed by atoms with Crippen LogP contribution < -0.4 is 0 Å². The van der Waals surface area contributed by atoms with Crippen LogP contribution in [0.4, 0.5) is 0 Å². The molecule has 0 aromatic carbocycles. The minimum Gasteiger partial charge on any atom is -0.206 e. The van der Waals surface area contributed by atoms with Crippen LogP contribution in [0.3, 0.4) is 0 Å². The summed E-state index contributed by atoms with van der Waals surface area (Å²) in [6, 6.07) is 6.01. The highest BCUT2D eigenvalue weighted by atomic mass is 35.5. The first kappa shape index (κ1) is 19.6. The summed E-state index contributed by atoms with van der Waals surface area (Å²) in [6.07, 6.45) is 0.413. The van der Waals surface area contributed by atoms with Crippen LogP contribution >= 0.6 is 45.9 Å². The Balaban J connectivity index is 1.79. The monoisotopic (exact) mass is 460 g/mol. The molecule has 0 spiro atoms. The fourth-order valence-electron chi connectivity index (χ4n) is 2.48. The van der Waals surface area contributed by atoms with Crippen molar-refractivity contribution in [1.29, 1.82) is 0 Å². The molecule has 3 rings (SSSR count). The van der Waals surface area contributed by atoms with Crippen molar-refractivity contribution in [2.45, 2.75) is 14.8 Å². The van der Waals surface area contributed by atoms with E-state index in [4.69, 9.17) is 23.2 Å². The van der Waals surface area contributed by atoms with Crippen molar-refractivity contribution < 1.29 is 16.8 Å². The summed E-state index contributed by atoms with van der Waals surface area (Å²) >= 11 is 13.6. The van der Waals surface area contributed by atoms with Gasteiger partial charge in [0.2, 0.25) is 0 Å². The van der Waals surface area contributed by atoms with Crippen molar-refractivity contribution in [3.8, 4) is 0 Å². The Morgan fingerprint density at radius 1 is 0.720 bits per heavy atom. The van der Waals surface area contributed by atoms with Gasteiger partial charge in [-0.1, -0.05) is 23.2 Å². The smallest absolute Gasteiger partial charge is 0.206 e. The van der Waals surface area contributed by atoms with E-state index in [0.717, 1.165) is 22.7 Å². The van der Waals surface area contributed by atoms with Crippen LogP contribution in [-0.2, 0) is 20.0 Å². The number of rotatable bonds is 4. The molecule has 25 heavy (non-hydrogen) atoms. The predicted molar refractivity (Wildman–Crippen MR) is 101 cm³/mol. The Kier molecular flexibility index (Phi) is 5.81. The van der Waals surface area contributed by atoms with Gasteiger partial charge in [0, 0.05) is 26.2 Å². The maximum Gasteiger partial charge on any atom is 0.252 e. The molecular formula is C13H14Cl2N2O4S4. The number of sulfonamides is 2. The lowest BCUT2D eigenvalue weighted by Crippen LogP contribution is -2.37. The van der Waals surface area contributed by atoms with Crippen molar-refractivity contribution in [3.05, 3.63) is 32.9 Å². The normalized spacial score (nSPS) is 18.3. The van der Waals surface area contributed by atoms with Crippen LogP contribution in [0.15, 0.2) is 32.7 Å². The summed E-state index contributed by atoms with van der Waals surface area (Å²) in [4.78, 5) is 0. The predicted octanol–water partition coefficient (Wildman–Crippen LogP) is 3.20. The minimum atomic E-state index is -3.67. The van der Waals surface area contributed by atoms with Crippen LogP contribution in [0.5, 0.6) is 0 Å². The third-order valence-corrected chi connectivity index (χ3v) is 10.9. The van der Waals surface area contributed by atoms with Crippen LogP contribution in [-0.4, -0.2) is 51.6 Å². The molecule has 0 unspecified atom stereocenters. The topological polar surface area (TPSA) is 74.8 Å². The van der Waals surface area contributed by atoms with E-state index < -0.39 is 20.0 Å². The maximum absolute atomic E-state index is 12.7. The molecule has 0 amide bonds. The lowest BCUT2D eigenvalue weighted by Gasteiger charge is -2.20. The lowest BCUT2D eigenvalue weighted by atomic mass is 10.4. The molecule has 1 aliphatic heterocycles. The van der Waals surface area contributed by atoms with Gasteiger partial charge < -0.3 is 0 Å². The summed E-state index contributed by atoms with van der Waals surface area (Å²) < 4.78 is 54.5. The Morgan fingerprint density at radius 2 is 1.12 bits per heavy atom. The van der Waals surface area contributed by atoms with Crippen molar-refractivity contribution in [2.75, 3.05) is 26.2 Å². The molecule has 0 aliphatic carbocycles. The average molecular weight is 461 g/mol. The lowest BCUT2D eigenvalue weighted by molar-refractivity contribution is 0.406. The molecule has 1 aliphatic rings. The molecular weight excluding hydrogens is 447 g/mol. The van der Waals surface area contributed by atoms with Crippen molar-refractivity contribution in [3.63, 3.8) is 0 Å². The second kappa shape index (κ2) is 7.43. The molecule has 138 valence electrons. The third-order valence-electron chi connectivity index (χ3n) is 3.70. The first-order valence-electron chi connectivity index (χ1n) is 7.22. The first-order chi connectivity index (χ1) is 11.7. The molecule has 0 bridgehead atoms. The fourth-order valence-corrected chi connectivity index (χ4v) is 8.69. The zero-order valence-electron chi connectivity index (χ0n) is 12.8. The van der Waals surface area contributed by atoms with E-state index in [0.29, 0.717) is 15.1 Å². The van der Waals surface area contributed by atoms with E-state index >= 15 is 0 Å². The van der Waals surface area contributed by atoms with E-state index in [1.165, 1.54) is 32.9 Å². The molecule has 0 radical (unpaired) electrons. The minimum absolute atomic E-state index is 0.0934. The van der Waals surface area contributed by atoms with Gasteiger partial charge in [-0.05, 0) is 30.7 Å². The van der Waals surface area contributed by atoms with Gasteiger partial charge in [0.15, 0.2) is 0 Å². The van der Waals surface area contributed by atoms with Gasteiger partial charge in [-0.2, -0.15) is 8.61 Å². The van der Waals surface area contributed by atoms with E-state index in [1.807, 2.05) is 0 Å². The Hall–Kier alpha value is -0.200. The van der Waals surface area contributed by atoms with Crippen LogP contribution in [0.25, 0.3) is 0 Å². The van der Waals surface area contributed by atoms with Crippen LogP contribution in [0.2, 0.25) is 8.67 Å². The summed E-state index contributed by atoms with van der Waals surface area (Å²) in [6.45, 7) is 0.705. The van der Waals surface area contributed by atoms with Gasteiger partial charge in [-0.3, -0.25) is 0 Å². The quantitative estimate of drug-likeness (QED) is 0.701. The fraction of sp³-hybridized carbons (Fsp3) is 0.385. The second-order valence-corrected chi connectivity index (χ2v) is 13.0. The largest absolute Gasteiger partial charge is 0.252 e. The highest BCUT2D eigenvalue weighted by Gasteiger charge is 2.32. The molecule has 12 heteroatoms. The summed E-state index contributed by atoms with van der Waals surface area (Å²) in [5.74, 6) is 0. The van der Waals surface area contributed by atoms with Crippen LogP contribution in [0, 0.1) is 0 Å². The Bertz CT molecular complexity index is 890. The highest BCUT2D eigenvalue weighted by Crippen LogP contribution is 2.31. The Morgan fingerprint density at radius 3 is 1.44 bits per heavy atom. The van der Waals surface area contributed by atoms with Crippen LogP contribution in [0.1, 0.15) is 6.42 Å². The van der Waals surface area contributed by atoms with Gasteiger partial charge in [0.25, 0.3) is 20.0 Å². The van der Waals surface area contributed by atoms with Crippen molar-refractivity contribution in [1.82, 2.24) is 8.61 Å². The zero-order valence-corrected chi connectivity index (χ0v) is 17.5. The van der Waals surface area contributed by atoms with E-state index in [9.17, 15) is 16.8 Å². The molecule has 1 fully saturated rings. The Labute approximate surface area is 164 Å². The first-order valence-corrected chi connectivity index (χ1v) is 12.5. The average Bonchev–Trinajstić information content (AvgIpc) is 3.08. The number of hydrogen-bond donors (Lipinski definition) is 0. The van der Waals surface area contributed by atoms with E-state index in [-0.39, 0.29) is 34.6 Å². The number of hydrogen-bond acceptors (Lipinski definition) is 6. The standard InChI is InChI=1S/C13H14Cl2N2O4S4/c14-10-2-4-12(22-10)24(18,19)16-6-1-7-17(9-8-16)25(20,21)13-5-3-11(15)23-13/h2-5H,1,6-9H2. The van der Waals surface area contributed by atoms with Gasteiger partial charge in [-0.15, -0.1) is 22.7 Å². The van der Waals surface area contributed by atoms with Gasteiger partial charge in [-0.25, -0.2) is 16.8 Å². The molecule has 2 aromatic rings. The third kappa shape index (κ3) is 4.06. The molecule has 0 N–H and O–H groups in total. The maximum atomic E-state index is 12.7. The SMILES string of the molecule is O=S(=O)(c1ccc(Cl)s1)N1CCCN(S(=O)(=O)c2ccc(Cl)s2)CC1. The van der Waals surface area contributed by atoms with Gasteiger partial charge in [0.05, 0.1) is 8.67 Å². The summed E-state index contributed by atoms with van der Waals surface area (Å²) in [5.41, 5.74) is 0. The molecule has 3 heterocycles. The molecule has 0 atom stereocenters.